The van der Waals surface area contributed by atoms with Crippen molar-refractivity contribution >= 4 is 5.69 Å². The molecule has 0 amide bonds. The summed E-state index contributed by atoms with van der Waals surface area (Å²) >= 11 is 0. The van der Waals surface area contributed by atoms with Crippen LogP contribution in [0.2, 0.25) is 0 Å². The van der Waals surface area contributed by atoms with Crippen molar-refractivity contribution in [1.29, 1.82) is 0 Å². The van der Waals surface area contributed by atoms with E-state index in [9.17, 15) is 0 Å². The van der Waals surface area contributed by atoms with E-state index in [4.69, 9.17) is 4.74 Å². The van der Waals surface area contributed by atoms with Gasteiger partial charge >= 0.3 is 0 Å². The van der Waals surface area contributed by atoms with E-state index in [1.54, 1.807) is 0 Å². The third kappa shape index (κ3) is 7.89. The summed E-state index contributed by atoms with van der Waals surface area (Å²) < 4.78 is 5.89. The third-order valence-electron chi connectivity index (χ3n) is 3.45. The highest BCUT2D eigenvalue weighted by Crippen LogP contribution is 2.12. The smallest absolute Gasteiger partial charge is 0.116 e. The van der Waals surface area contributed by atoms with Gasteiger partial charge in [-0.05, 0) is 25.0 Å². The minimum absolute atomic E-state index is 0.401. The Kier molecular flexibility index (Phi) is 9.17. The van der Waals surface area contributed by atoms with Gasteiger partial charge in [0.1, 0.15) is 6.73 Å². The number of benzene rings is 1. The van der Waals surface area contributed by atoms with E-state index in [1.165, 1.54) is 38.5 Å². The lowest BCUT2D eigenvalue weighted by Gasteiger charge is -2.17. The zero-order valence-corrected chi connectivity index (χ0v) is 12.5. The van der Waals surface area contributed by atoms with Crippen LogP contribution in [0.5, 0.6) is 0 Å². The molecule has 0 aliphatic heterocycles. The van der Waals surface area contributed by atoms with Crippen molar-refractivity contribution in [3.8, 4) is 0 Å². The van der Waals surface area contributed by atoms with E-state index >= 15 is 0 Å². The van der Waals surface area contributed by atoms with Crippen LogP contribution in [0.25, 0.3) is 0 Å². The van der Waals surface area contributed by atoms with Crippen molar-refractivity contribution in [3.63, 3.8) is 0 Å². The fourth-order valence-corrected chi connectivity index (χ4v) is 2.18. The van der Waals surface area contributed by atoms with Crippen molar-refractivity contribution in [2.24, 2.45) is 0 Å². The Balaban J connectivity index is 2.08. The monoisotopic (exact) mass is 263 g/mol. The normalized spacial score (nSPS) is 12.3. The molecule has 2 nitrogen and oxygen atoms in total. The van der Waals surface area contributed by atoms with Crippen LogP contribution in [0, 0.1) is 0 Å². The van der Waals surface area contributed by atoms with Crippen LogP contribution in [0.3, 0.4) is 0 Å². The van der Waals surface area contributed by atoms with Crippen LogP contribution < -0.4 is 5.32 Å². The van der Waals surface area contributed by atoms with E-state index < -0.39 is 0 Å². The van der Waals surface area contributed by atoms with Crippen molar-refractivity contribution in [1.82, 2.24) is 0 Å². The first kappa shape index (κ1) is 16.0. The molecule has 0 fully saturated rings. The standard InChI is InChI=1S/C17H29NO/c1-3-5-6-7-11-14-17(4-2)19-15-18-16-12-9-8-10-13-16/h8-10,12-13,17-18H,3-7,11,14-15H2,1-2H3. The summed E-state index contributed by atoms with van der Waals surface area (Å²) in [6.07, 6.45) is 9.39. The molecule has 1 aromatic carbocycles. The molecule has 1 unspecified atom stereocenters. The van der Waals surface area contributed by atoms with Crippen LogP contribution in [0.15, 0.2) is 30.3 Å². The van der Waals surface area contributed by atoms with E-state index in [1.807, 2.05) is 18.2 Å². The molecule has 0 radical (unpaired) electrons. The highest BCUT2D eigenvalue weighted by molar-refractivity contribution is 5.41. The van der Waals surface area contributed by atoms with Gasteiger partial charge in [0.2, 0.25) is 0 Å². The van der Waals surface area contributed by atoms with Gasteiger partial charge in [-0.15, -0.1) is 0 Å². The molecule has 19 heavy (non-hydrogen) atoms. The van der Waals surface area contributed by atoms with E-state index in [0.717, 1.165) is 12.1 Å². The molecule has 0 spiro atoms. The molecular weight excluding hydrogens is 234 g/mol. The summed E-state index contributed by atoms with van der Waals surface area (Å²) in [4.78, 5) is 0. The third-order valence-corrected chi connectivity index (χ3v) is 3.45. The number of unbranched alkanes of at least 4 members (excludes halogenated alkanes) is 4. The molecule has 0 bridgehead atoms. The summed E-state index contributed by atoms with van der Waals surface area (Å²) in [7, 11) is 0. The van der Waals surface area contributed by atoms with Gasteiger partial charge in [-0.1, -0.05) is 64.2 Å². The van der Waals surface area contributed by atoms with Gasteiger partial charge < -0.3 is 10.1 Å². The maximum atomic E-state index is 5.89. The number of nitrogens with one attached hydrogen (secondary N) is 1. The maximum absolute atomic E-state index is 5.89. The Hall–Kier alpha value is -1.02. The molecule has 2 heteroatoms. The molecule has 0 aliphatic rings. The quantitative estimate of drug-likeness (QED) is 0.437. The van der Waals surface area contributed by atoms with E-state index in [0.29, 0.717) is 12.8 Å². The lowest BCUT2D eigenvalue weighted by Crippen LogP contribution is -2.17. The molecule has 1 atom stereocenters. The molecule has 108 valence electrons. The molecule has 0 saturated carbocycles. The first-order chi connectivity index (χ1) is 9.36. The van der Waals surface area contributed by atoms with Gasteiger partial charge in [0.15, 0.2) is 0 Å². The number of ether oxygens (including phenoxy) is 1. The first-order valence-corrected chi connectivity index (χ1v) is 7.77. The molecule has 0 heterocycles. The van der Waals surface area contributed by atoms with E-state index in [-0.39, 0.29) is 0 Å². The van der Waals surface area contributed by atoms with Crippen LogP contribution >= 0.6 is 0 Å². The molecule has 0 aliphatic carbocycles. The van der Waals surface area contributed by atoms with Crippen molar-refractivity contribution in [3.05, 3.63) is 30.3 Å². The SMILES string of the molecule is CCCCCCCC(CC)OCNc1ccccc1. The second kappa shape index (κ2) is 10.9. The summed E-state index contributed by atoms with van der Waals surface area (Å²) in [6.45, 7) is 5.07. The fraction of sp³-hybridized carbons (Fsp3) is 0.647. The Labute approximate surface area is 118 Å². The maximum Gasteiger partial charge on any atom is 0.116 e. The Morgan fingerprint density at radius 3 is 2.42 bits per heavy atom. The van der Waals surface area contributed by atoms with Crippen LogP contribution in [-0.4, -0.2) is 12.8 Å². The van der Waals surface area contributed by atoms with Gasteiger partial charge in [-0.2, -0.15) is 0 Å². The molecule has 0 saturated heterocycles. The predicted octanol–water partition coefficient (Wildman–Crippen LogP) is 5.21. The molecular formula is C17H29NO. The zero-order chi connectivity index (χ0) is 13.8. The summed E-state index contributed by atoms with van der Waals surface area (Å²) in [6, 6.07) is 10.2. The topological polar surface area (TPSA) is 21.3 Å². The van der Waals surface area contributed by atoms with Crippen molar-refractivity contribution < 1.29 is 4.74 Å². The first-order valence-electron chi connectivity index (χ1n) is 7.77. The highest BCUT2D eigenvalue weighted by atomic mass is 16.5. The van der Waals surface area contributed by atoms with Crippen LogP contribution in [-0.2, 0) is 4.74 Å². The summed E-state index contributed by atoms with van der Waals surface area (Å²) in [5, 5.41) is 3.30. The summed E-state index contributed by atoms with van der Waals surface area (Å²) in [5.41, 5.74) is 1.13. The van der Waals surface area contributed by atoms with E-state index in [2.05, 4.69) is 31.3 Å². The molecule has 0 aromatic heterocycles. The minimum Gasteiger partial charge on any atom is -0.363 e. The average molecular weight is 263 g/mol. The van der Waals surface area contributed by atoms with Gasteiger partial charge in [0.25, 0.3) is 0 Å². The lowest BCUT2D eigenvalue weighted by atomic mass is 10.1. The number of hydrogen-bond acceptors (Lipinski definition) is 2. The fourth-order valence-electron chi connectivity index (χ4n) is 2.18. The molecule has 1 aromatic rings. The Morgan fingerprint density at radius 2 is 1.74 bits per heavy atom. The zero-order valence-electron chi connectivity index (χ0n) is 12.5. The number of para-hydroxylation sites is 1. The lowest BCUT2D eigenvalue weighted by molar-refractivity contribution is 0.0558. The number of rotatable bonds is 11. The van der Waals surface area contributed by atoms with Crippen molar-refractivity contribution in [2.75, 3.05) is 12.0 Å². The molecule has 1 N–H and O–H groups in total. The van der Waals surface area contributed by atoms with Gasteiger partial charge in [0.05, 0.1) is 6.10 Å². The Morgan fingerprint density at radius 1 is 1.00 bits per heavy atom. The Bertz CT molecular complexity index is 299. The van der Waals surface area contributed by atoms with Crippen LogP contribution in [0.4, 0.5) is 5.69 Å². The molecule has 1 rings (SSSR count). The highest BCUT2D eigenvalue weighted by Gasteiger charge is 2.05. The summed E-state index contributed by atoms with van der Waals surface area (Å²) in [5.74, 6) is 0. The average Bonchev–Trinajstić information content (AvgIpc) is 2.46. The number of hydrogen-bond donors (Lipinski definition) is 1. The predicted molar refractivity (Wildman–Crippen MR) is 83.5 cm³/mol. The van der Waals surface area contributed by atoms with Gasteiger partial charge in [-0.25, -0.2) is 0 Å². The van der Waals surface area contributed by atoms with Crippen LogP contribution in [0.1, 0.15) is 58.8 Å². The van der Waals surface area contributed by atoms with Gasteiger partial charge in [0, 0.05) is 5.69 Å². The van der Waals surface area contributed by atoms with Crippen molar-refractivity contribution in [2.45, 2.75) is 64.9 Å². The number of anilines is 1. The largest absolute Gasteiger partial charge is 0.363 e. The minimum atomic E-state index is 0.401. The van der Waals surface area contributed by atoms with Gasteiger partial charge in [-0.3, -0.25) is 0 Å². The second-order valence-electron chi connectivity index (χ2n) is 5.09. The second-order valence-corrected chi connectivity index (χ2v) is 5.09.